The van der Waals surface area contributed by atoms with Gasteiger partial charge in [0, 0.05) is 32.7 Å². The Morgan fingerprint density at radius 1 is 0.844 bits per heavy atom. The van der Waals surface area contributed by atoms with Crippen molar-refractivity contribution in [3.63, 3.8) is 0 Å². The molecule has 10 heteroatoms. The summed E-state index contributed by atoms with van der Waals surface area (Å²) in [5.41, 5.74) is 0.472. The minimum atomic E-state index is -1.04. The summed E-state index contributed by atoms with van der Waals surface area (Å²) in [6.45, 7) is 3.43. The number of carbonyl (C=O) groups is 2. The summed E-state index contributed by atoms with van der Waals surface area (Å²) in [6, 6.07) is 10.2. The number of hydrogen-bond donors (Lipinski definition) is 2. The number of esters is 1. The molecule has 32 heavy (non-hydrogen) atoms. The minimum Gasteiger partial charge on any atom is -0.493 e. The number of benzene rings is 2. The van der Waals surface area contributed by atoms with Crippen molar-refractivity contribution in [1.29, 1.82) is 0 Å². The lowest BCUT2D eigenvalue weighted by molar-refractivity contribution is -0.132. The quantitative estimate of drug-likeness (QED) is 0.479. The Morgan fingerprint density at radius 2 is 1.31 bits per heavy atom. The molecule has 2 aromatic carbocycles. The monoisotopic (exact) mass is 453 g/mol. The maximum absolute atomic E-state index is 11.1. The van der Waals surface area contributed by atoms with E-state index in [-0.39, 0.29) is 5.97 Å². The van der Waals surface area contributed by atoms with Crippen LogP contribution in [0.4, 0.5) is 10.5 Å². The molecule has 2 N–H and O–H groups in total. The van der Waals surface area contributed by atoms with E-state index in [1.807, 2.05) is 6.07 Å². The first-order valence-corrected chi connectivity index (χ1v) is 9.39. The molecular formula is C22H31NO9. The van der Waals surface area contributed by atoms with Gasteiger partial charge < -0.3 is 33.9 Å². The number of carbonyl (C=O) groups excluding carboxylic acids is 1. The van der Waals surface area contributed by atoms with Gasteiger partial charge in [-0.1, -0.05) is 12.1 Å². The molecule has 0 atom stereocenters. The number of nitrogens with zero attached hydrogens (tertiary/aromatic N) is 1. The number of rotatable bonds is 7. The molecule has 0 spiro atoms. The lowest BCUT2D eigenvalue weighted by Crippen LogP contribution is -2.28. The number of anilines is 1. The van der Waals surface area contributed by atoms with Gasteiger partial charge in [-0.15, -0.1) is 0 Å². The fraction of sp³-hybridized carbons (Fsp3) is 0.364. The van der Waals surface area contributed by atoms with Crippen LogP contribution < -0.4 is 28.6 Å². The second-order valence-corrected chi connectivity index (χ2v) is 5.65. The summed E-state index contributed by atoms with van der Waals surface area (Å²) in [4.78, 5) is 22.9. The van der Waals surface area contributed by atoms with Crippen molar-refractivity contribution < 1.29 is 43.5 Å². The van der Waals surface area contributed by atoms with Gasteiger partial charge >= 0.3 is 12.1 Å². The third-order valence-corrected chi connectivity index (χ3v) is 3.83. The number of hydrogen-bond acceptors (Lipinski definition) is 8. The first-order chi connectivity index (χ1) is 15.3. The summed E-state index contributed by atoms with van der Waals surface area (Å²) < 4.78 is 25.4. The Balaban J connectivity index is 0.000000595. The van der Waals surface area contributed by atoms with Crippen LogP contribution in [0.3, 0.4) is 0 Å². The van der Waals surface area contributed by atoms with E-state index in [4.69, 9.17) is 33.9 Å². The molecule has 0 aliphatic heterocycles. The molecule has 0 saturated carbocycles. The molecule has 178 valence electrons. The highest BCUT2D eigenvalue weighted by Crippen LogP contribution is 2.41. The highest BCUT2D eigenvalue weighted by atomic mass is 16.6. The third-order valence-electron chi connectivity index (χ3n) is 3.83. The van der Waals surface area contributed by atoms with E-state index in [9.17, 15) is 9.59 Å². The fourth-order valence-corrected chi connectivity index (χ4v) is 2.51. The number of carboxylic acid groups (broad SMARTS) is 1. The number of ether oxygens (including phenoxy) is 5. The fourth-order valence-electron chi connectivity index (χ4n) is 2.51. The predicted molar refractivity (Wildman–Crippen MR) is 120 cm³/mol. The normalized spacial score (nSPS) is 9.12. The molecule has 2 aromatic rings. The Morgan fingerprint density at radius 3 is 1.66 bits per heavy atom. The van der Waals surface area contributed by atoms with Crippen molar-refractivity contribution in [2.45, 2.75) is 13.8 Å². The van der Waals surface area contributed by atoms with Crippen molar-refractivity contribution in [2.24, 2.45) is 0 Å². The van der Waals surface area contributed by atoms with E-state index in [0.29, 0.717) is 41.0 Å². The molecule has 0 aliphatic carbocycles. The molecule has 0 fully saturated rings. The zero-order chi connectivity index (χ0) is 24.7. The van der Waals surface area contributed by atoms with E-state index >= 15 is 0 Å². The second-order valence-electron chi connectivity index (χ2n) is 5.65. The molecule has 0 aliphatic rings. The molecule has 2 rings (SSSR count). The standard InChI is InChI=1S/C12H17NO5.C9H10O3.CH4O/c1-5-13(12(14)15)8-6-9(16-2)11(18-4)10(7-8)17-3;1-7(10)12-9-6-4-3-5-8(9)11-2;1-2/h6-7H,5H2,1-4H3,(H,14,15);3-6H,1-2H3;2H,1H3. The molecule has 0 saturated heterocycles. The van der Waals surface area contributed by atoms with E-state index in [1.165, 1.54) is 40.3 Å². The van der Waals surface area contributed by atoms with Crippen LogP contribution in [0.5, 0.6) is 28.7 Å². The number of aliphatic hydroxyl groups excluding tert-OH is 1. The molecule has 0 bridgehead atoms. The highest BCUT2D eigenvalue weighted by Gasteiger charge is 2.19. The third kappa shape index (κ3) is 8.23. The van der Waals surface area contributed by atoms with Gasteiger partial charge in [0.15, 0.2) is 23.0 Å². The average Bonchev–Trinajstić information content (AvgIpc) is 2.80. The van der Waals surface area contributed by atoms with Crippen LogP contribution in [-0.4, -0.2) is 64.4 Å². The second kappa shape index (κ2) is 15.2. The van der Waals surface area contributed by atoms with Gasteiger partial charge in [-0.2, -0.15) is 0 Å². The van der Waals surface area contributed by atoms with Crippen LogP contribution in [0.2, 0.25) is 0 Å². The van der Waals surface area contributed by atoms with E-state index in [1.54, 1.807) is 37.3 Å². The van der Waals surface area contributed by atoms with Crippen molar-refractivity contribution >= 4 is 17.7 Å². The first-order valence-electron chi connectivity index (χ1n) is 9.39. The summed E-state index contributed by atoms with van der Waals surface area (Å²) in [5.74, 6) is 1.95. The Hall–Kier alpha value is -3.66. The van der Waals surface area contributed by atoms with Crippen molar-refractivity contribution in [3.05, 3.63) is 36.4 Å². The maximum Gasteiger partial charge on any atom is 0.411 e. The topological polar surface area (TPSA) is 124 Å². The summed E-state index contributed by atoms with van der Waals surface area (Å²) in [7, 11) is 6.99. The number of amides is 1. The maximum atomic E-state index is 11.1. The van der Waals surface area contributed by atoms with Gasteiger partial charge in [-0.25, -0.2) is 4.79 Å². The molecule has 0 aromatic heterocycles. The van der Waals surface area contributed by atoms with Gasteiger partial charge in [-0.05, 0) is 19.1 Å². The summed E-state index contributed by atoms with van der Waals surface area (Å²) in [5, 5.41) is 16.1. The number of methoxy groups -OCH3 is 4. The minimum absolute atomic E-state index is 0.327. The SMILES string of the molecule is CCN(C(=O)O)c1cc(OC)c(OC)c(OC)c1.CO.COc1ccccc1OC(C)=O. The molecule has 0 unspecified atom stereocenters. The molecule has 0 radical (unpaired) electrons. The summed E-state index contributed by atoms with van der Waals surface area (Å²) in [6.07, 6.45) is -1.04. The van der Waals surface area contributed by atoms with Crippen LogP contribution in [0, 0.1) is 0 Å². The van der Waals surface area contributed by atoms with Crippen LogP contribution in [0.15, 0.2) is 36.4 Å². The molecule has 10 nitrogen and oxygen atoms in total. The van der Waals surface area contributed by atoms with E-state index < -0.39 is 6.09 Å². The van der Waals surface area contributed by atoms with Gasteiger partial charge in [0.2, 0.25) is 5.75 Å². The lowest BCUT2D eigenvalue weighted by Gasteiger charge is -2.20. The van der Waals surface area contributed by atoms with Crippen LogP contribution >= 0.6 is 0 Å². The number of aliphatic hydroxyl groups is 1. The first kappa shape index (κ1) is 28.3. The lowest BCUT2D eigenvalue weighted by atomic mass is 10.2. The Kier molecular flexibility index (Phi) is 13.5. The van der Waals surface area contributed by atoms with Crippen LogP contribution in [0.1, 0.15) is 13.8 Å². The predicted octanol–water partition coefficient (Wildman–Crippen LogP) is 3.45. The highest BCUT2D eigenvalue weighted by molar-refractivity contribution is 5.87. The van der Waals surface area contributed by atoms with Crippen molar-refractivity contribution in [2.75, 3.05) is 47.0 Å². The zero-order valence-corrected chi connectivity index (χ0v) is 19.4. The molecular weight excluding hydrogens is 422 g/mol. The van der Waals surface area contributed by atoms with E-state index in [0.717, 1.165) is 7.11 Å². The Bertz CT molecular complexity index is 830. The zero-order valence-electron chi connectivity index (χ0n) is 19.4. The van der Waals surface area contributed by atoms with Gasteiger partial charge in [-0.3, -0.25) is 9.69 Å². The van der Waals surface area contributed by atoms with Crippen LogP contribution in [0.25, 0.3) is 0 Å². The van der Waals surface area contributed by atoms with Crippen molar-refractivity contribution in [3.8, 4) is 28.7 Å². The Labute approximate surface area is 187 Å². The van der Waals surface area contributed by atoms with Gasteiger partial charge in [0.1, 0.15) is 0 Å². The summed E-state index contributed by atoms with van der Waals surface area (Å²) >= 11 is 0. The van der Waals surface area contributed by atoms with Crippen LogP contribution in [-0.2, 0) is 4.79 Å². The molecule has 1 amide bonds. The average molecular weight is 453 g/mol. The van der Waals surface area contributed by atoms with Gasteiger partial charge in [0.05, 0.1) is 34.1 Å². The molecule has 0 heterocycles. The number of para-hydroxylation sites is 2. The van der Waals surface area contributed by atoms with Gasteiger partial charge in [0.25, 0.3) is 0 Å². The van der Waals surface area contributed by atoms with E-state index in [2.05, 4.69) is 0 Å². The largest absolute Gasteiger partial charge is 0.493 e. The van der Waals surface area contributed by atoms with Crippen molar-refractivity contribution in [1.82, 2.24) is 0 Å². The smallest absolute Gasteiger partial charge is 0.411 e.